The van der Waals surface area contributed by atoms with Gasteiger partial charge in [-0.15, -0.1) is 0 Å². The van der Waals surface area contributed by atoms with Crippen molar-refractivity contribution < 1.29 is 14.7 Å². The standard InChI is InChI=1S/C29H21N3O3/c33-16-32-28(34)24-22-18-10-4-6-12-20(18)30-26(22)27-23(25(24)29(32)35)19-11-5-7-13-21(19)31(27)15-14-17-8-2-1-3-9-17/h1-13,30,33H,14-16H2. The highest BCUT2D eigenvalue weighted by Gasteiger charge is 2.41. The molecule has 4 aromatic carbocycles. The Balaban J connectivity index is 1.66. The summed E-state index contributed by atoms with van der Waals surface area (Å²) in [5.74, 6) is -0.902. The van der Waals surface area contributed by atoms with E-state index in [0.29, 0.717) is 17.7 Å². The number of benzene rings is 4. The number of nitrogens with zero attached hydrogens (tertiary/aromatic N) is 2. The molecule has 170 valence electrons. The fourth-order valence-electron chi connectivity index (χ4n) is 5.68. The molecule has 2 aromatic heterocycles. The summed E-state index contributed by atoms with van der Waals surface area (Å²) in [4.78, 5) is 31.4. The number of fused-ring (bicyclic) bond motifs is 10. The molecule has 0 bridgehead atoms. The number of hydrogen-bond acceptors (Lipinski definition) is 3. The topological polar surface area (TPSA) is 78.3 Å². The first kappa shape index (κ1) is 20.0. The summed E-state index contributed by atoms with van der Waals surface area (Å²) in [6.07, 6.45) is 0.822. The molecule has 1 aliphatic rings. The van der Waals surface area contributed by atoms with Crippen LogP contribution >= 0.6 is 0 Å². The Kier molecular flexibility index (Phi) is 4.16. The van der Waals surface area contributed by atoms with Crippen LogP contribution in [0.4, 0.5) is 0 Å². The second kappa shape index (κ2) is 7.29. The number of carbonyl (C=O) groups excluding carboxylic acids is 2. The fourth-order valence-corrected chi connectivity index (χ4v) is 5.68. The Hall–Kier alpha value is -4.42. The van der Waals surface area contributed by atoms with Crippen LogP contribution in [0.3, 0.4) is 0 Å². The minimum absolute atomic E-state index is 0.370. The van der Waals surface area contributed by atoms with Gasteiger partial charge in [0.1, 0.15) is 6.73 Å². The van der Waals surface area contributed by atoms with Gasteiger partial charge in [-0.25, -0.2) is 0 Å². The van der Waals surface area contributed by atoms with Gasteiger partial charge in [0, 0.05) is 39.1 Å². The van der Waals surface area contributed by atoms with Gasteiger partial charge in [-0.05, 0) is 24.1 Å². The highest BCUT2D eigenvalue weighted by atomic mass is 16.3. The number of hydrogen-bond donors (Lipinski definition) is 2. The van der Waals surface area contributed by atoms with E-state index in [0.717, 1.165) is 54.9 Å². The number of H-pyrrole nitrogens is 1. The number of imide groups is 1. The lowest BCUT2D eigenvalue weighted by molar-refractivity contribution is 0.0491. The summed E-state index contributed by atoms with van der Waals surface area (Å²) >= 11 is 0. The Morgan fingerprint density at radius 2 is 1.40 bits per heavy atom. The molecular weight excluding hydrogens is 438 g/mol. The van der Waals surface area contributed by atoms with Gasteiger partial charge in [-0.1, -0.05) is 66.7 Å². The molecule has 2 amide bonds. The van der Waals surface area contributed by atoms with Gasteiger partial charge in [0.15, 0.2) is 0 Å². The molecule has 3 heterocycles. The highest BCUT2D eigenvalue weighted by molar-refractivity contribution is 6.39. The average Bonchev–Trinajstić information content (AvgIpc) is 3.51. The molecule has 1 aliphatic heterocycles. The van der Waals surface area contributed by atoms with Crippen molar-refractivity contribution in [2.75, 3.05) is 6.73 Å². The van der Waals surface area contributed by atoms with E-state index in [9.17, 15) is 14.7 Å². The van der Waals surface area contributed by atoms with Crippen LogP contribution in [-0.2, 0) is 13.0 Å². The van der Waals surface area contributed by atoms with E-state index in [2.05, 4.69) is 27.8 Å². The number of nitrogens with one attached hydrogen (secondary N) is 1. The molecule has 2 N–H and O–H groups in total. The summed E-state index contributed by atoms with van der Waals surface area (Å²) in [5, 5.41) is 13.2. The van der Waals surface area contributed by atoms with Gasteiger partial charge in [0.05, 0.1) is 22.2 Å². The SMILES string of the molecule is O=C1c2c(c3c4ccccc4n(CCc4ccccc4)c3c3[nH]c4ccccc4c23)C(=O)N1CO. The normalized spacial score (nSPS) is 13.7. The lowest BCUT2D eigenvalue weighted by atomic mass is 9.97. The molecule has 0 aliphatic carbocycles. The van der Waals surface area contributed by atoms with E-state index >= 15 is 0 Å². The summed E-state index contributed by atoms with van der Waals surface area (Å²) in [5.41, 5.74) is 5.64. The molecule has 0 fully saturated rings. The van der Waals surface area contributed by atoms with Crippen LogP contribution in [-0.4, -0.2) is 38.1 Å². The van der Waals surface area contributed by atoms with Gasteiger partial charge in [0.25, 0.3) is 11.8 Å². The van der Waals surface area contributed by atoms with E-state index < -0.39 is 18.5 Å². The first-order valence-electron chi connectivity index (χ1n) is 11.7. The number of aromatic nitrogens is 2. The van der Waals surface area contributed by atoms with Crippen LogP contribution in [0, 0.1) is 0 Å². The van der Waals surface area contributed by atoms with Crippen LogP contribution in [0.5, 0.6) is 0 Å². The molecule has 0 saturated heterocycles. The monoisotopic (exact) mass is 459 g/mol. The number of rotatable bonds is 4. The van der Waals surface area contributed by atoms with Crippen molar-refractivity contribution in [1.82, 2.24) is 14.5 Å². The van der Waals surface area contributed by atoms with Crippen LogP contribution < -0.4 is 0 Å². The number of para-hydroxylation sites is 2. The third-order valence-corrected chi connectivity index (χ3v) is 7.19. The smallest absolute Gasteiger partial charge is 0.264 e. The molecule has 0 unspecified atom stereocenters. The Morgan fingerprint density at radius 3 is 2.17 bits per heavy atom. The predicted molar refractivity (Wildman–Crippen MR) is 137 cm³/mol. The van der Waals surface area contributed by atoms with E-state index in [1.165, 1.54) is 5.56 Å². The summed E-state index contributed by atoms with van der Waals surface area (Å²) < 4.78 is 2.26. The molecule has 6 heteroatoms. The van der Waals surface area contributed by atoms with Gasteiger partial charge in [-0.3, -0.25) is 14.5 Å². The molecule has 7 rings (SSSR count). The minimum Gasteiger partial charge on any atom is -0.376 e. The largest absolute Gasteiger partial charge is 0.376 e. The van der Waals surface area contributed by atoms with Crippen molar-refractivity contribution in [1.29, 1.82) is 0 Å². The number of aliphatic hydroxyl groups excluding tert-OH is 1. The van der Waals surface area contributed by atoms with Crippen LogP contribution in [0.25, 0.3) is 43.6 Å². The van der Waals surface area contributed by atoms with Crippen molar-refractivity contribution in [2.45, 2.75) is 13.0 Å². The van der Waals surface area contributed by atoms with Gasteiger partial charge in [-0.2, -0.15) is 0 Å². The second-order valence-electron chi connectivity index (χ2n) is 8.98. The fraction of sp³-hybridized carbons (Fsp3) is 0.103. The average molecular weight is 460 g/mol. The zero-order valence-corrected chi connectivity index (χ0v) is 18.8. The maximum atomic E-state index is 13.5. The van der Waals surface area contributed by atoms with E-state index in [1.54, 1.807) is 0 Å². The third-order valence-electron chi connectivity index (χ3n) is 7.19. The zero-order chi connectivity index (χ0) is 23.7. The van der Waals surface area contributed by atoms with Crippen molar-refractivity contribution >= 4 is 55.4 Å². The number of aryl methyl sites for hydroxylation is 2. The number of aliphatic hydroxyl groups is 1. The van der Waals surface area contributed by atoms with Gasteiger partial charge < -0.3 is 14.7 Å². The Morgan fingerprint density at radius 1 is 0.743 bits per heavy atom. The van der Waals surface area contributed by atoms with E-state index in [1.807, 2.05) is 60.7 Å². The van der Waals surface area contributed by atoms with Crippen LogP contribution in [0.1, 0.15) is 26.3 Å². The molecular formula is C29H21N3O3. The molecule has 35 heavy (non-hydrogen) atoms. The maximum absolute atomic E-state index is 13.5. The minimum atomic E-state index is -0.648. The Labute approximate surface area is 200 Å². The quantitative estimate of drug-likeness (QED) is 0.355. The number of amides is 2. The summed E-state index contributed by atoms with van der Waals surface area (Å²) in [7, 11) is 0. The third kappa shape index (κ3) is 2.63. The molecule has 6 nitrogen and oxygen atoms in total. The van der Waals surface area contributed by atoms with E-state index in [-0.39, 0.29) is 0 Å². The van der Waals surface area contributed by atoms with Crippen molar-refractivity contribution in [2.24, 2.45) is 0 Å². The molecule has 6 aromatic rings. The maximum Gasteiger partial charge on any atom is 0.264 e. The van der Waals surface area contributed by atoms with Crippen LogP contribution in [0.15, 0.2) is 78.9 Å². The van der Waals surface area contributed by atoms with Crippen molar-refractivity contribution in [3.63, 3.8) is 0 Å². The molecule has 0 atom stereocenters. The van der Waals surface area contributed by atoms with Crippen LogP contribution in [0.2, 0.25) is 0 Å². The van der Waals surface area contributed by atoms with Gasteiger partial charge in [0.2, 0.25) is 0 Å². The lowest BCUT2D eigenvalue weighted by Crippen LogP contribution is -2.30. The second-order valence-corrected chi connectivity index (χ2v) is 8.98. The molecule has 0 spiro atoms. The first-order chi connectivity index (χ1) is 17.2. The van der Waals surface area contributed by atoms with Gasteiger partial charge >= 0.3 is 0 Å². The Bertz CT molecular complexity index is 1830. The number of aromatic amines is 1. The first-order valence-corrected chi connectivity index (χ1v) is 11.7. The summed E-state index contributed by atoms with van der Waals surface area (Å²) in [6, 6.07) is 26.2. The molecule has 0 saturated carbocycles. The summed E-state index contributed by atoms with van der Waals surface area (Å²) in [6.45, 7) is 0.0630. The molecule has 0 radical (unpaired) electrons. The number of carbonyl (C=O) groups is 2. The van der Waals surface area contributed by atoms with E-state index in [4.69, 9.17) is 0 Å². The zero-order valence-electron chi connectivity index (χ0n) is 18.8. The van der Waals surface area contributed by atoms with Crippen molar-refractivity contribution in [3.05, 3.63) is 95.6 Å². The highest BCUT2D eigenvalue weighted by Crippen LogP contribution is 2.44. The lowest BCUT2D eigenvalue weighted by Gasteiger charge is -2.10. The predicted octanol–water partition coefficient (Wildman–Crippen LogP) is 5.22. The van der Waals surface area contributed by atoms with Crippen molar-refractivity contribution in [3.8, 4) is 0 Å².